The highest BCUT2D eigenvalue weighted by Gasteiger charge is 2.33. The van der Waals surface area contributed by atoms with Gasteiger partial charge < -0.3 is 9.47 Å². The molecule has 2 aromatic carbocycles. The first kappa shape index (κ1) is 26.1. The van der Waals surface area contributed by atoms with Crippen LogP contribution in [-0.2, 0) is 16.1 Å². The molecule has 0 bridgehead atoms. The fourth-order valence-corrected chi connectivity index (χ4v) is 6.20. The third-order valence-electron chi connectivity index (χ3n) is 5.90. The first-order chi connectivity index (χ1) is 18.4. The average Bonchev–Trinajstić information content (AvgIpc) is 3.52. The molecular formula is C28H22ClFN2O4S2. The second kappa shape index (κ2) is 11.1. The molecule has 0 saturated heterocycles. The number of fused-ring (bicyclic) bond motifs is 1. The highest BCUT2D eigenvalue weighted by atomic mass is 35.5. The lowest BCUT2D eigenvalue weighted by molar-refractivity contribution is -0.139. The molecule has 4 aromatic rings. The summed E-state index contributed by atoms with van der Waals surface area (Å²) in [6, 6.07) is 14.3. The molecule has 0 fully saturated rings. The van der Waals surface area contributed by atoms with Crippen LogP contribution in [0, 0.1) is 5.82 Å². The number of carbonyl (C=O) groups is 1. The predicted molar refractivity (Wildman–Crippen MR) is 147 cm³/mol. The second-order valence-corrected chi connectivity index (χ2v) is 10.8. The SMILES string of the molecule is CCOC(=O)C1=C(C)N=c2s/c(=C\c3cc(Cl)ccc3OCc3ccc(F)cc3)c(=O)n2[C@@H]1c1cccs1. The number of carbonyl (C=O) groups excluding carboxylic acids is 1. The Morgan fingerprint density at radius 1 is 1.21 bits per heavy atom. The number of esters is 1. The number of benzene rings is 2. The summed E-state index contributed by atoms with van der Waals surface area (Å²) in [5.74, 6) is -0.297. The van der Waals surface area contributed by atoms with E-state index in [1.807, 2.05) is 17.5 Å². The number of hydrogen-bond acceptors (Lipinski definition) is 7. The Labute approximate surface area is 230 Å². The van der Waals surface area contributed by atoms with E-state index >= 15 is 0 Å². The maximum absolute atomic E-state index is 13.8. The van der Waals surface area contributed by atoms with Crippen LogP contribution in [0.1, 0.15) is 35.9 Å². The molecule has 0 spiro atoms. The molecule has 38 heavy (non-hydrogen) atoms. The lowest BCUT2D eigenvalue weighted by Gasteiger charge is -2.23. The molecule has 1 aliphatic rings. The summed E-state index contributed by atoms with van der Waals surface area (Å²) in [6.07, 6.45) is 1.71. The number of nitrogens with zero attached hydrogens (tertiary/aromatic N) is 2. The Hall–Kier alpha value is -3.53. The van der Waals surface area contributed by atoms with Crippen LogP contribution in [0.5, 0.6) is 5.75 Å². The van der Waals surface area contributed by atoms with Crippen molar-refractivity contribution in [3.8, 4) is 5.75 Å². The first-order valence-electron chi connectivity index (χ1n) is 11.8. The van der Waals surface area contributed by atoms with Gasteiger partial charge in [0.1, 0.15) is 24.2 Å². The number of rotatable bonds is 7. The highest BCUT2D eigenvalue weighted by Crippen LogP contribution is 2.33. The van der Waals surface area contributed by atoms with E-state index in [-0.39, 0.29) is 24.6 Å². The quantitative estimate of drug-likeness (QED) is 0.286. The summed E-state index contributed by atoms with van der Waals surface area (Å²) < 4.78 is 26.5. The van der Waals surface area contributed by atoms with Gasteiger partial charge in [-0.05, 0) is 67.3 Å². The Kier molecular flexibility index (Phi) is 7.60. The molecule has 1 atom stereocenters. The smallest absolute Gasteiger partial charge is 0.338 e. The van der Waals surface area contributed by atoms with Crippen LogP contribution in [0.4, 0.5) is 4.39 Å². The summed E-state index contributed by atoms with van der Waals surface area (Å²) in [5, 5.41) is 2.38. The van der Waals surface area contributed by atoms with E-state index < -0.39 is 12.0 Å². The molecular weight excluding hydrogens is 547 g/mol. The number of hydrogen-bond donors (Lipinski definition) is 0. The van der Waals surface area contributed by atoms with Gasteiger partial charge in [-0.1, -0.05) is 41.1 Å². The Balaban J connectivity index is 1.59. The predicted octanol–water partition coefficient (Wildman–Crippen LogP) is 5.23. The molecule has 1 aliphatic heterocycles. The van der Waals surface area contributed by atoms with Crippen molar-refractivity contribution >= 4 is 46.3 Å². The number of halogens is 2. The summed E-state index contributed by atoms with van der Waals surface area (Å²) in [5.41, 5.74) is 1.98. The lowest BCUT2D eigenvalue weighted by Crippen LogP contribution is -2.39. The van der Waals surface area contributed by atoms with Crippen molar-refractivity contribution in [3.63, 3.8) is 0 Å². The zero-order valence-electron chi connectivity index (χ0n) is 20.4. The van der Waals surface area contributed by atoms with Crippen LogP contribution in [-0.4, -0.2) is 17.1 Å². The fourth-order valence-electron chi connectivity index (χ4n) is 4.15. The molecule has 194 valence electrons. The molecule has 6 nitrogen and oxygen atoms in total. The number of aromatic nitrogens is 1. The number of ether oxygens (including phenoxy) is 2. The number of allylic oxidation sites excluding steroid dienone is 1. The van der Waals surface area contributed by atoms with Crippen molar-refractivity contribution in [2.75, 3.05) is 6.61 Å². The van der Waals surface area contributed by atoms with Crippen molar-refractivity contribution in [3.05, 3.63) is 118 Å². The van der Waals surface area contributed by atoms with E-state index in [9.17, 15) is 14.0 Å². The maximum Gasteiger partial charge on any atom is 0.338 e. The Morgan fingerprint density at radius 2 is 2.00 bits per heavy atom. The average molecular weight is 569 g/mol. The molecule has 0 saturated carbocycles. The van der Waals surface area contributed by atoms with Gasteiger partial charge in [-0.2, -0.15) is 0 Å². The van der Waals surface area contributed by atoms with Crippen LogP contribution in [0.25, 0.3) is 6.08 Å². The summed E-state index contributed by atoms with van der Waals surface area (Å²) in [6.45, 7) is 3.92. The van der Waals surface area contributed by atoms with Crippen molar-refractivity contribution < 1.29 is 18.7 Å². The van der Waals surface area contributed by atoms with E-state index in [1.165, 1.54) is 34.8 Å². The van der Waals surface area contributed by atoms with Crippen LogP contribution in [0.3, 0.4) is 0 Å². The Bertz CT molecular complexity index is 1710. The zero-order valence-corrected chi connectivity index (χ0v) is 22.8. The lowest BCUT2D eigenvalue weighted by atomic mass is 10.0. The van der Waals surface area contributed by atoms with E-state index in [1.54, 1.807) is 54.8 Å². The minimum atomic E-state index is -0.638. The maximum atomic E-state index is 13.8. The molecule has 0 aliphatic carbocycles. The summed E-state index contributed by atoms with van der Waals surface area (Å²) in [7, 11) is 0. The van der Waals surface area contributed by atoms with E-state index in [0.29, 0.717) is 36.9 Å². The van der Waals surface area contributed by atoms with Gasteiger partial charge in [-0.3, -0.25) is 9.36 Å². The monoisotopic (exact) mass is 568 g/mol. The number of thiazole rings is 1. The largest absolute Gasteiger partial charge is 0.488 e. The molecule has 0 N–H and O–H groups in total. The summed E-state index contributed by atoms with van der Waals surface area (Å²) >= 11 is 8.96. The van der Waals surface area contributed by atoms with Gasteiger partial charge in [0.15, 0.2) is 4.80 Å². The minimum Gasteiger partial charge on any atom is -0.488 e. The van der Waals surface area contributed by atoms with Gasteiger partial charge in [0.05, 0.1) is 22.4 Å². The molecule has 10 heteroatoms. The van der Waals surface area contributed by atoms with Crippen molar-refractivity contribution in [2.45, 2.75) is 26.5 Å². The number of thiophene rings is 1. The third-order valence-corrected chi connectivity index (χ3v) is 8.04. The standard InChI is InChI=1S/C28H22ClFN2O4S2/c1-3-35-27(34)24-16(2)31-28-32(25(24)22-5-4-12-37-22)26(33)23(38-28)14-18-13-19(29)8-11-21(18)36-15-17-6-9-20(30)10-7-17/h4-14,25H,3,15H2,1-2H3/b23-14-/t25-/m1/s1. The van der Waals surface area contributed by atoms with Crippen LogP contribution >= 0.6 is 34.3 Å². The van der Waals surface area contributed by atoms with E-state index in [4.69, 9.17) is 21.1 Å². The van der Waals surface area contributed by atoms with E-state index in [2.05, 4.69) is 4.99 Å². The fraction of sp³-hybridized carbons (Fsp3) is 0.179. The first-order valence-corrected chi connectivity index (χ1v) is 13.8. The second-order valence-electron chi connectivity index (χ2n) is 8.41. The van der Waals surface area contributed by atoms with E-state index in [0.717, 1.165) is 10.4 Å². The molecule has 3 heterocycles. The molecule has 2 aromatic heterocycles. The Morgan fingerprint density at radius 3 is 2.71 bits per heavy atom. The van der Waals surface area contributed by atoms with Gasteiger partial charge in [0.2, 0.25) is 0 Å². The molecule has 0 amide bonds. The molecule has 5 rings (SSSR count). The van der Waals surface area contributed by atoms with Gasteiger partial charge >= 0.3 is 5.97 Å². The van der Waals surface area contributed by atoms with Gasteiger partial charge in [-0.15, -0.1) is 11.3 Å². The van der Waals surface area contributed by atoms with Crippen molar-refractivity contribution in [1.29, 1.82) is 0 Å². The molecule has 0 unspecified atom stereocenters. The van der Waals surface area contributed by atoms with Crippen LogP contribution in [0.15, 0.2) is 81.0 Å². The van der Waals surface area contributed by atoms with Crippen LogP contribution < -0.4 is 19.6 Å². The van der Waals surface area contributed by atoms with Crippen molar-refractivity contribution in [1.82, 2.24) is 4.57 Å². The zero-order chi connectivity index (χ0) is 26.8. The summed E-state index contributed by atoms with van der Waals surface area (Å²) in [4.78, 5) is 32.6. The highest BCUT2D eigenvalue weighted by molar-refractivity contribution is 7.10. The van der Waals surface area contributed by atoms with Crippen molar-refractivity contribution in [2.24, 2.45) is 4.99 Å². The van der Waals surface area contributed by atoms with Crippen LogP contribution in [0.2, 0.25) is 5.02 Å². The minimum absolute atomic E-state index is 0.213. The van der Waals surface area contributed by atoms with Gasteiger partial charge in [0.25, 0.3) is 5.56 Å². The topological polar surface area (TPSA) is 69.9 Å². The van der Waals surface area contributed by atoms with Gasteiger partial charge in [-0.25, -0.2) is 14.2 Å². The van der Waals surface area contributed by atoms with Gasteiger partial charge in [0, 0.05) is 15.5 Å². The normalized spacial score (nSPS) is 15.3. The molecule has 0 radical (unpaired) electrons. The third kappa shape index (κ3) is 5.22.